The number of benzene rings is 1. The van der Waals surface area contributed by atoms with Gasteiger partial charge in [-0.1, -0.05) is 12.1 Å². The van der Waals surface area contributed by atoms with Gasteiger partial charge in [0, 0.05) is 24.6 Å². The fraction of sp³-hybridized carbons (Fsp3) is 0.435. The largest absolute Gasteiger partial charge is 0.504 e. The quantitative estimate of drug-likeness (QED) is 0.554. The first-order valence-electron chi connectivity index (χ1n) is 11.0. The molecule has 0 bridgehead atoms. The molecule has 2 aliphatic heterocycles. The Morgan fingerprint density at radius 1 is 1.38 bits per heavy atom. The molecule has 0 aliphatic carbocycles. The smallest absolute Gasteiger partial charge is 0.310 e. The Bertz CT molecular complexity index is 1220. The summed E-state index contributed by atoms with van der Waals surface area (Å²) in [7, 11) is 1.38. The number of carbonyl (C=O) groups excluding carboxylic acids is 2. The van der Waals surface area contributed by atoms with Crippen molar-refractivity contribution < 1.29 is 24.2 Å². The number of anilines is 2. The number of fused-ring (bicyclic) bond motifs is 1. The van der Waals surface area contributed by atoms with Crippen molar-refractivity contribution in [2.45, 2.75) is 25.7 Å². The first-order valence-corrected chi connectivity index (χ1v) is 11.0. The van der Waals surface area contributed by atoms with Gasteiger partial charge in [0.05, 0.1) is 31.3 Å². The minimum atomic E-state index is -1.26. The SMILES string of the molecule is CCOC(=O)C1CCCN(c2nc3c(c(=O)[nH]2)C(c2cccc(OC)c2O)C(C#N)C(=O)N3)C1. The molecular formula is C23H25N5O6. The first kappa shape index (κ1) is 23.1. The maximum absolute atomic E-state index is 13.3. The molecule has 178 valence electrons. The van der Waals surface area contributed by atoms with Gasteiger partial charge in [0.1, 0.15) is 11.7 Å². The van der Waals surface area contributed by atoms with Gasteiger partial charge in [-0.15, -0.1) is 0 Å². The summed E-state index contributed by atoms with van der Waals surface area (Å²) in [6, 6.07) is 6.61. The number of carbonyl (C=O) groups is 2. The van der Waals surface area contributed by atoms with Gasteiger partial charge in [-0.3, -0.25) is 19.4 Å². The van der Waals surface area contributed by atoms with Gasteiger partial charge in [-0.25, -0.2) is 0 Å². The van der Waals surface area contributed by atoms with Crippen LogP contribution in [0, 0.1) is 23.2 Å². The first-order chi connectivity index (χ1) is 16.4. The van der Waals surface area contributed by atoms with Crippen LogP contribution in [0.3, 0.4) is 0 Å². The van der Waals surface area contributed by atoms with E-state index >= 15 is 0 Å². The number of phenolic OH excluding ortho intramolecular Hbond substituents is 1. The number of nitriles is 1. The number of esters is 1. The maximum atomic E-state index is 13.3. The number of aromatic amines is 1. The number of aromatic hydroxyl groups is 1. The summed E-state index contributed by atoms with van der Waals surface area (Å²) < 4.78 is 10.3. The molecule has 0 spiro atoms. The number of ether oxygens (including phenoxy) is 2. The lowest BCUT2D eigenvalue weighted by molar-refractivity contribution is -0.148. The number of nitrogens with zero attached hydrogens (tertiary/aromatic N) is 3. The molecule has 0 radical (unpaired) electrons. The lowest BCUT2D eigenvalue weighted by atomic mass is 9.78. The Balaban J connectivity index is 1.77. The standard InChI is InChI=1S/C23H25N5O6/c1-3-34-22(32)12-6-5-9-28(11-12)23-26-19-17(21(31)27-23)16(14(10-24)20(30)25-19)13-7-4-8-15(33-2)18(13)29/h4,7-8,12,14,16,29H,3,5-6,9,11H2,1-2H3,(H2,25,26,27,30,31). The number of para-hydroxylation sites is 1. The second kappa shape index (κ2) is 9.43. The lowest BCUT2D eigenvalue weighted by Gasteiger charge is -2.33. The van der Waals surface area contributed by atoms with Crippen LogP contribution >= 0.6 is 0 Å². The van der Waals surface area contributed by atoms with Crippen LogP contribution < -0.4 is 20.5 Å². The van der Waals surface area contributed by atoms with E-state index in [2.05, 4.69) is 15.3 Å². The van der Waals surface area contributed by atoms with E-state index in [4.69, 9.17) is 9.47 Å². The van der Waals surface area contributed by atoms with Crippen molar-refractivity contribution in [2.24, 2.45) is 11.8 Å². The molecular weight excluding hydrogens is 442 g/mol. The number of hydrogen-bond acceptors (Lipinski definition) is 9. The van der Waals surface area contributed by atoms with Gasteiger partial charge in [0.25, 0.3) is 5.56 Å². The normalized spacial score (nSPS) is 21.7. The van der Waals surface area contributed by atoms with E-state index < -0.39 is 23.3 Å². The zero-order chi connectivity index (χ0) is 24.4. The second-order valence-electron chi connectivity index (χ2n) is 8.16. The molecule has 34 heavy (non-hydrogen) atoms. The maximum Gasteiger partial charge on any atom is 0.310 e. The van der Waals surface area contributed by atoms with E-state index in [-0.39, 0.29) is 52.9 Å². The summed E-state index contributed by atoms with van der Waals surface area (Å²) in [5.74, 6) is -3.48. The number of nitrogens with one attached hydrogen (secondary N) is 2. The molecule has 1 amide bonds. The number of rotatable bonds is 5. The predicted molar refractivity (Wildman–Crippen MR) is 121 cm³/mol. The molecule has 0 saturated carbocycles. The van der Waals surface area contributed by atoms with Crippen molar-refractivity contribution in [3.63, 3.8) is 0 Å². The van der Waals surface area contributed by atoms with Gasteiger partial charge in [-0.2, -0.15) is 10.2 Å². The van der Waals surface area contributed by atoms with Gasteiger partial charge < -0.3 is 24.8 Å². The summed E-state index contributed by atoms with van der Waals surface area (Å²) in [5, 5.41) is 23.0. The summed E-state index contributed by atoms with van der Waals surface area (Å²) in [4.78, 5) is 47.2. The Morgan fingerprint density at radius 2 is 2.18 bits per heavy atom. The van der Waals surface area contributed by atoms with E-state index in [0.29, 0.717) is 25.9 Å². The minimum Gasteiger partial charge on any atom is -0.504 e. The van der Waals surface area contributed by atoms with Crippen LogP contribution in [0.5, 0.6) is 11.5 Å². The zero-order valence-electron chi connectivity index (χ0n) is 18.8. The molecule has 2 aliphatic rings. The average molecular weight is 467 g/mol. The molecule has 2 aromatic rings. The topological polar surface area (TPSA) is 158 Å². The van der Waals surface area contributed by atoms with Crippen molar-refractivity contribution in [1.29, 1.82) is 5.26 Å². The number of phenols is 1. The fourth-order valence-corrected chi connectivity index (χ4v) is 4.56. The molecule has 11 heteroatoms. The van der Waals surface area contributed by atoms with Crippen LogP contribution in [-0.4, -0.2) is 53.8 Å². The number of hydrogen-bond donors (Lipinski definition) is 3. The molecule has 3 N–H and O–H groups in total. The van der Waals surface area contributed by atoms with Crippen molar-refractivity contribution in [1.82, 2.24) is 9.97 Å². The van der Waals surface area contributed by atoms with Crippen molar-refractivity contribution in [3.8, 4) is 17.6 Å². The van der Waals surface area contributed by atoms with Crippen LogP contribution in [0.25, 0.3) is 0 Å². The summed E-state index contributed by atoms with van der Waals surface area (Å²) in [5.41, 5.74) is -0.273. The Kier molecular flexibility index (Phi) is 6.40. The zero-order valence-corrected chi connectivity index (χ0v) is 18.8. The number of H-pyrrole nitrogens is 1. The van der Waals surface area contributed by atoms with Crippen LogP contribution in [0.1, 0.15) is 36.8 Å². The molecule has 1 aromatic carbocycles. The molecule has 3 atom stereocenters. The van der Waals surface area contributed by atoms with E-state index in [0.717, 1.165) is 0 Å². The van der Waals surface area contributed by atoms with Crippen LogP contribution in [-0.2, 0) is 14.3 Å². The van der Waals surface area contributed by atoms with Crippen LogP contribution in [0.2, 0.25) is 0 Å². The highest BCUT2D eigenvalue weighted by atomic mass is 16.5. The van der Waals surface area contributed by atoms with Gasteiger partial charge in [0.15, 0.2) is 11.5 Å². The Labute approximate surface area is 195 Å². The van der Waals surface area contributed by atoms with Gasteiger partial charge in [0.2, 0.25) is 11.9 Å². The Morgan fingerprint density at radius 3 is 2.88 bits per heavy atom. The predicted octanol–water partition coefficient (Wildman–Crippen LogP) is 1.49. The highest BCUT2D eigenvalue weighted by Gasteiger charge is 2.42. The van der Waals surface area contributed by atoms with E-state index in [1.165, 1.54) is 19.2 Å². The number of aromatic nitrogens is 2. The molecule has 1 saturated heterocycles. The monoisotopic (exact) mass is 467 g/mol. The third-order valence-corrected chi connectivity index (χ3v) is 6.18. The molecule has 4 rings (SSSR count). The molecule has 11 nitrogen and oxygen atoms in total. The van der Waals surface area contributed by atoms with E-state index in [9.17, 15) is 24.8 Å². The molecule has 3 heterocycles. The average Bonchev–Trinajstić information content (AvgIpc) is 2.83. The van der Waals surface area contributed by atoms with Gasteiger partial charge in [-0.05, 0) is 25.8 Å². The summed E-state index contributed by atoms with van der Waals surface area (Å²) in [6.45, 7) is 2.91. The minimum absolute atomic E-state index is 0.0146. The number of methoxy groups -OCH3 is 1. The van der Waals surface area contributed by atoms with Crippen LogP contribution in [0.4, 0.5) is 11.8 Å². The molecule has 1 fully saturated rings. The lowest BCUT2D eigenvalue weighted by Crippen LogP contribution is -2.43. The van der Waals surface area contributed by atoms with Crippen molar-refractivity contribution >= 4 is 23.6 Å². The molecule has 1 aromatic heterocycles. The third-order valence-electron chi connectivity index (χ3n) is 6.18. The third kappa shape index (κ3) is 4.03. The Hall–Kier alpha value is -4.07. The summed E-state index contributed by atoms with van der Waals surface area (Å²) >= 11 is 0. The van der Waals surface area contributed by atoms with Crippen LogP contribution in [0.15, 0.2) is 23.0 Å². The van der Waals surface area contributed by atoms with E-state index in [1.54, 1.807) is 17.9 Å². The van der Waals surface area contributed by atoms with Gasteiger partial charge >= 0.3 is 5.97 Å². The van der Waals surface area contributed by atoms with E-state index in [1.807, 2.05) is 6.07 Å². The van der Waals surface area contributed by atoms with Crippen molar-refractivity contribution in [2.75, 3.05) is 37.0 Å². The number of amides is 1. The fourth-order valence-electron chi connectivity index (χ4n) is 4.56. The highest BCUT2D eigenvalue weighted by molar-refractivity contribution is 5.98. The molecule has 3 unspecified atom stereocenters. The van der Waals surface area contributed by atoms with Crippen molar-refractivity contribution in [3.05, 3.63) is 39.7 Å². The second-order valence-corrected chi connectivity index (χ2v) is 8.16. The number of piperidine rings is 1. The summed E-state index contributed by atoms with van der Waals surface area (Å²) in [6.07, 6.45) is 1.37. The highest BCUT2D eigenvalue weighted by Crippen LogP contribution is 2.44.